The number of alkyl halides is 5. The van der Waals surface area contributed by atoms with Gasteiger partial charge in [0.1, 0.15) is 0 Å². The first-order valence-electron chi connectivity index (χ1n) is 4.70. The summed E-state index contributed by atoms with van der Waals surface area (Å²) in [6.45, 7) is 0. The van der Waals surface area contributed by atoms with Crippen LogP contribution in [-0.4, -0.2) is 12.2 Å². The molecule has 1 rings (SSSR count). The van der Waals surface area contributed by atoms with Crippen molar-refractivity contribution in [3.8, 4) is 0 Å². The van der Waals surface area contributed by atoms with Crippen LogP contribution in [0.15, 0.2) is 24.3 Å². The number of hydrogen-bond donors (Lipinski definition) is 0. The SMILES string of the molecule is O=C(/C=C(\[O-])c1ccc(Cl)cc1C(F)(F)F)C(F)F. The van der Waals surface area contributed by atoms with Gasteiger partial charge >= 0.3 is 6.18 Å². The number of allylic oxidation sites excluding steroid dienone is 1. The van der Waals surface area contributed by atoms with Crippen LogP contribution in [0.1, 0.15) is 11.1 Å². The zero-order chi connectivity index (χ0) is 14.8. The standard InChI is InChI=1S/C11H6ClF5O2/c12-5-1-2-6(7(3-5)11(15,16)17)8(18)4-9(19)10(13)14/h1-4,10,18H/p-1/b8-4-. The number of ketones is 1. The van der Waals surface area contributed by atoms with E-state index in [1.54, 1.807) is 0 Å². The van der Waals surface area contributed by atoms with Gasteiger partial charge in [-0.2, -0.15) is 13.2 Å². The number of halogens is 6. The number of rotatable bonds is 3. The molecule has 1 aromatic rings. The Hall–Kier alpha value is -1.63. The van der Waals surface area contributed by atoms with Crippen LogP contribution in [0.2, 0.25) is 5.02 Å². The second-order valence-corrected chi connectivity index (χ2v) is 3.84. The summed E-state index contributed by atoms with van der Waals surface area (Å²) in [6, 6.07) is 2.20. The van der Waals surface area contributed by atoms with Crippen LogP contribution in [0, 0.1) is 0 Å². The first-order valence-corrected chi connectivity index (χ1v) is 5.08. The Morgan fingerprint density at radius 3 is 2.37 bits per heavy atom. The lowest BCUT2D eigenvalue weighted by molar-refractivity contribution is -0.244. The summed E-state index contributed by atoms with van der Waals surface area (Å²) in [5.74, 6) is -3.30. The van der Waals surface area contributed by atoms with Crippen LogP contribution in [0.3, 0.4) is 0 Å². The lowest BCUT2D eigenvalue weighted by atomic mass is 10.0. The molecular formula is C11H5ClF5O2-. The Morgan fingerprint density at radius 1 is 1.32 bits per heavy atom. The van der Waals surface area contributed by atoms with Gasteiger partial charge in [-0.1, -0.05) is 23.4 Å². The van der Waals surface area contributed by atoms with Crippen molar-refractivity contribution >= 4 is 23.1 Å². The topological polar surface area (TPSA) is 40.1 Å². The fraction of sp³-hybridized carbons (Fsp3) is 0.182. The molecule has 8 heteroatoms. The third-order valence-electron chi connectivity index (χ3n) is 2.04. The van der Waals surface area contributed by atoms with Crippen molar-refractivity contribution in [3.63, 3.8) is 0 Å². The minimum Gasteiger partial charge on any atom is -0.872 e. The predicted molar refractivity (Wildman–Crippen MR) is 55.4 cm³/mol. The third-order valence-corrected chi connectivity index (χ3v) is 2.28. The first kappa shape index (κ1) is 15.4. The van der Waals surface area contributed by atoms with E-state index in [9.17, 15) is 31.9 Å². The maximum Gasteiger partial charge on any atom is 0.417 e. The number of carbonyl (C=O) groups excluding carboxylic acids is 1. The van der Waals surface area contributed by atoms with Crippen LogP contribution in [0.25, 0.3) is 5.76 Å². The summed E-state index contributed by atoms with van der Waals surface area (Å²) in [5, 5.41) is 11.1. The molecule has 0 N–H and O–H groups in total. The zero-order valence-corrected chi connectivity index (χ0v) is 9.73. The minimum atomic E-state index is -4.89. The molecule has 0 spiro atoms. The van der Waals surface area contributed by atoms with E-state index in [2.05, 4.69) is 0 Å². The molecule has 0 atom stereocenters. The summed E-state index contributed by atoms with van der Waals surface area (Å²) < 4.78 is 61.7. The van der Waals surface area contributed by atoms with Gasteiger partial charge < -0.3 is 5.11 Å². The molecule has 0 radical (unpaired) electrons. The van der Waals surface area contributed by atoms with Crippen molar-refractivity contribution < 1.29 is 31.9 Å². The van der Waals surface area contributed by atoms with Gasteiger partial charge in [-0.15, -0.1) is 0 Å². The summed E-state index contributed by atoms with van der Waals surface area (Å²) in [6.07, 6.45) is -8.41. The molecule has 0 amide bonds. The minimum absolute atomic E-state index is 0.0663. The van der Waals surface area contributed by atoms with Crippen LogP contribution in [0.4, 0.5) is 22.0 Å². The Kier molecular flexibility index (Phi) is 4.52. The van der Waals surface area contributed by atoms with Crippen molar-refractivity contribution in [3.05, 3.63) is 40.4 Å². The smallest absolute Gasteiger partial charge is 0.417 e. The van der Waals surface area contributed by atoms with Crippen molar-refractivity contribution in [1.82, 2.24) is 0 Å². The molecule has 19 heavy (non-hydrogen) atoms. The molecule has 0 aromatic heterocycles. The highest BCUT2D eigenvalue weighted by atomic mass is 35.5. The molecular weight excluding hydrogens is 295 g/mol. The molecule has 0 bridgehead atoms. The Morgan fingerprint density at radius 2 is 1.89 bits per heavy atom. The lowest BCUT2D eigenvalue weighted by Crippen LogP contribution is -2.16. The number of carbonyl (C=O) groups is 1. The number of benzene rings is 1. The van der Waals surface area contributed by atoms with Gasteiger partial charge in [-0.25, -0.2) is 8.78 Å². The second kappa shape index (κ2) is 5.56. The van der Waals surface area contributed by atoms with E-state index in [0.717, 1.165) is 12.1 Å². The lowest BCUT2D eigenvalue weighted by Gasteiger charge is -2.18. The first-order chi connectivity index (χ1) is 8.62. The largest absolute Gasteiger partial charge is 0.872 e. The van der Waals surface area contributed by atoms with Crippen LogP contribution >= 0.6 is 11.6 Å². The van der Waals surface area contributed by atoms with Crippen molar-refractivity contribution in [2.24, 2.45) is 0 Å². The summed E-state index contributed by atoms with van der Waals surface area (Å²) in [5.41, 5.74) is -2.30. The van der Waals surface area contributed by atoms with Gasteiger partial charge in [-0.05, 0) is 23.8 Å². The molecule has 0 saturated carbocycles. The molecule has 0 saturated heterocycles. The van der Waals surface area contributed by atoms with E-state index in [-0.39, 0.29) is 11.1 Å². The van der Waals surface area contributed by atoms with Gasteiger partial charge in [0.05, 0.1) is 5.56 Å². The maximum absolute atomic E-state index is 12.6. The van der Waals surface area contributed by atoms with E-state index in [1.807, 2.05) is 0 Å². The predicted octanol–water partition coefficient (Wildman–Crippen LogP) is 2.89. The van der Waals surface area contributed by atoms with Gasteiger partial charge in [0, 0.05) is 5.02 Å². The normalized spacial score (nSPS) is 12.9. The monoisotopic (exact) mass is 299 g/mol. The molecule has 0 heterocycles. The fourth-order valence-electron chi connectivity index (χ4n) is 1.24. The Bertz CT molecular complexity index is 522. The molecule has 0 aliphatic carbocycles. The van der Waals surface area contributed by atoms with Crippen molar-refractivity contribution in [1.29, 1.82) is 0 Å². The molecule has 104 valence electrons. The highest BCUT2D eigenvalue weighted by Crippen LogP contribution is 2.35. The Labute approximate surface area is 109 Å². The van der Waals surface area contributed by atoms with Crippen LogP contribution in [-0.2, 0) is 11.0 Å². The second-order valence-electron chi connectivity index (χ2n) is 3.40. The third kappa shape index (κ3) is 3.92. The highest BCUT2D eigenvalue weighted by Gasteiger charge is 2.33. The summed E-state index contributed by atoms with van der Waals surface area (Å²) in [4.78, 5) is 10.6. The van der Waals surface area contributed by atoms with Gasteiger partial charge in [0.15, 0.2) is 0 Å². The van der Waals surface area contributed by atoms with Crippen molar-refractivity contribution in [2.45, 2.75) is 12.6 Å². The van der Waals surface area contributed by atoms with E-state index in [1.165, 1.54) is 0 Å². The molecule has 0 aliphatic rings. The van der Waals surface area contributed by atoms with E-state index in [0.29, 0.717) is 6.07 Å². The van der Waals surface area contributed by atoms with Crippen LogP contribution in [0.5, 0.6) is 0 Å². The van der Waals surface area contributed by atoms with Gasteiger partial charge in [0.2, 0.25) is 5.78 Å². The highest BCUT2D eigenvalue weighted by molar-refractivity contribution is 6.30. The van der Waals surface area contributed by atoms with Crippen LogP contribution < -0.4 is 5.11 Å². The molecule has 1 aromatic carbocycles. The molecule has 0 fully saturated rings. The van der Waals surface area contributed by atoms with Gasteiger partial charge in [-0.3, -0.25) is 4.79 Å². The quantitative estimate of drug-likeness (QED) is 0.489. The van der Waals surface area contributed by atoms with E-state index in [4.69, 9.17) is 11.6 Å². The van der Waals surface area contributed by atoms with E-state index < -0.39 is 35.3 Å². The molecule has 0 unspecified atom stereocenters. The summed E-state index contributed by atoms with van der Waals surface area (Å²) in [7, 11) is 0. The van der Waals surface area contributed by atoms with E-state index >= 15 is 0 Å². The zero-order valence-electron chi connectivity index (χ0n) is 8.97. The Balaban J connectivity index is 3.31. The number of hydrogen-bond acceptors (Lipinski definition) is 2. The fourth-order valence-corrected chi connectivity index (χ4v) is 1.41. The molecule has 0 aliphatic heterocycles. The average Bonchev–Trinajstić information content (AvgIpc) is 2.27. The maximum atomic E-state index is 12.6. The average molecular weight is 300 g/mol. The van der Waals surface area contributed by atoms with Gasteiger partial charge in [0.25, 0.3) is 6.43 Å². The summed E-state index contributed by atoms with van der Waals surface area (Å²) >= 11 is 5.38. The molecule has 2 nitrogen and oxygen atoms in total. The van der Waals surface area contributed by atoms with Crippen molar-refractivity contribution in [2.75, 3.05) is 0 Å².